The molecule has 0 unspecified atom stereocenters. The molecule has 0 radical (unpaired) electrons. The summed E-state index contributed by atoms with van der Waals surface area (Å²) >= 11 is 6.04. The maximum absolute atomic E-state index is 14.1. The molecular formula is C29H34ClN3O6S. The molecular weight excluding hydrogens is 554 g/mol. The Bertz CT molecular complexity index is 1430. The summed E-state index contributed by atoms with van der Waals surface area (Å²) in [5, 5.41) is 3.13. The minimum atomic E-state index is -4.26. The molecule has 0 bridgehead atoms. The van der Waals surface area contributed by atoms with Crippen LogP contribution < -0.4 is 19.1 Å². The molecule has 3 aromatic carbocycles. The lowest BCUT2D eigenvalue weighted by atomic mass is 10.1. The second kappa shape index (κ2) is 13.5. The maximum Gasteiger partial charge on any atom is 0.264 e. The van der Waals surface area contributed by atoms with Crippen molar-refractivity contribution >= 4 is 39.1 Å². The van der Waals surface area contributed by atoms with Crippen LogP contribution in [0.1, 0.15) is 24.5 Å². The van der Waals surface area contributed by atoms with Crippen LogP contribution in [0.25, 0.3) is 0 Å². The number of aryl methyl sites for hydroxylation is 1. The molecule has 0 aliphatic carbocycles. The van der Waals surface area contributed by atoms with Crippen molar-refractivity contribution in [3.8, 4) is 11.5 Å². The van der Waals surface area contributed by atoms with Gasteiger partial charge in [-0.2, -0.15) is 0 Å². The van der Waals surface area contributed by atoms with E-state index < -0.39 is 28.5 Å². The molecule has 2 amide bonds. The fourth-order valence-electron chi connectivity index (χ4n) is 4.22. The zero-order chi connectivity index (χ0) is 29.4. The highest BCUT2D eigenvalue weighted by Gasteiger charge is 2.34. The van der Waals surface area contributed by atoms with Crippen molar-refractivity contribution in [2.75, 3.05) is 32.1 Å². The maximum atomic E-state index is 14.1. The first-order chi connectivity index (χ1) is 19.0. The summed E-state index contributed by atoms with van der Waals surface area (Å²) in [5.74, 6) is -0.336. The molecule has 40 heavy (non-hydrogen) atoms. The third kappa shape index (κ3) is 7.05. The lowest BCUT2D eigenvalue weighted by molar-refractivity contribution is -0.140. The lowest BCUT2D eigenvalue weighted by Gasteiger charge is -2.33. The van der Waals surface area contributed by atoms with Gasteiger partial charge in [0.05, 0.1) is 24.8 Å². The number of hydrogen-bond acceptors (Lipinski definition) is 6. The molecule has 3 rings (SSSR count). The first-order valence-corrected chi connectivity index (χ1v) is 14.4. The van der Waals surface area contributed by atoms with Gasteiger partial charge in [-0.1, -0.05) is 48.4 Å². The molecule has 0 aliphatic heterocycles. The standard InChI is InChI=1S/C29H34ClN3O6S/c1-6-25(29(35)31-3)32(18-21-9-11-22(30)12-10-21)28(34)19-33(26-17-23(38-4)13-16-27(26)39-5)40(36,37)24-14-7-20(2)8-15-24/h7-17,25H,6,18-19H2,1-5H3,(H,31,35)/t25-/m1/s1. The number of carbonyl (C=O) groups is 2. The minimum absolute atomic E-state index is 0.00151. The molecule has 0 heterocycles. The number of benzene rings is 3. The van der Waals surface area contributed by atoms with Crippen molar-refractivity contribution in [2.24, 2.45) is 0 Å². The van der Waals surface area contributed by atoms with E-state index in [-0.39, 0.29) is 28.8 Å². The summed E-state index contributed by atoms with van der Waals surface area (Å²) in [6, 6.07) is 17.1. The van der Waals surface area contributed by atoms with Gasteiger partial charge >= 0.3 is 0 Å². The molecule has 3 aromatic rings. The molecule has 0 saturated heterocycles. The number of anilines is 1. The molecule has 1 N–H and O–H groups in total. The van der Waals surface area contributed by atoms with Crippen molar-refractivity contribution in [2.45, 2.75) is 37.8 Å². The van der Waals surface area contributed by atoms with Crippen LogP contribution in [0.2, 0.25) is 5.02 Å². The van der Waals surface area contributed by atoms with E-state index in [1.165, 1.54) is 44.4 Å². The van der Waals surface area contributed by atoms with E-state index in [9.17, 15) is 18.0 Å². The number of methoxy groups -OCH3 is 2. The Hall–Kier alpha value is -3.76. The highest BCUT2D eigenvalue weighted by molar-refractivity contribution is 7.92. The summed E-state index contributed by atoms with van der Waals surface area (Å²) in [7, 11) is 0.0988. The predicted octanol–water partition coefficient (Wildman–Crippen LogP) is 4.41. The third-order valence-corrected chi connectivity index (χ3v) is 8.47. The second-order valence-electron chi connectivity index (χ2n) is 9.05. The molecule has 0 aliphatic rings. The van der Waals surface area contributed by atoms with Crippen LogP contribution in [0.3, 0.4) is 0 Å². The summed E-state index contributed by atoms with van der Waals surface area (Å²) in [5.41, 5.74) is 1.73. The Morgan fingerprint density at radius 1 is 0.975 bits per heavy atom. The van der Waals surface area contributed by atoms with E-state index in [1.807, 2.05) is 6.92 Å². The normalized spacial score (nSPS) is 11.8. The molecule has 1 atom stereocenters. The van der Waals surface area contributed by atoms with Gasteiger partial charge in [-0.15, -0.1) is 0 Å². The predicted molar refractivity (Wildman–Crippen MR) is 155 cm³/mol. The van der Waals surface area contributed by atoms with Crippen LogP contribution in [-0.2, 0) is 26.2 Å². The summed E-state index contributed by atoms with van der Waals surface area (Å²) in [4.78, 5) is 28.3. The Morgan fingerprint density at radius 3 is 2.17 bits per heavy atom. The highest BCUT2D eigenvalue weighted by atomic mass is 35.5. The van der Waals surface area contributed by atoms with E-state index in [4.69, 9.17) is 21.1 Å². The van der Waals surface area contributed by atoms with Gasteiger partial charge in [0.2, 0.25) is 11.8 Å². The average Bonchev–Trinajstić information content (AvgIpc) is 2.96. The van der Waals surface area contributed by atoms with Crippen molar-refractivity contribution in [1.29, 1.82) is 0 Å². The molecule has 0 spiro atoms. The number of ether oxygens (including phenoxy) is 2. The highest BCUT2D eigenvalue weighted by Crippen LogP contribution is 2.36. The first kappa shape index (κ1) is 30.8. The number of nitrogens with one attached hydrogen (secondary N) is 1. The smallest absolute Gasteiger partial charge is 0.264 e. The molecule has 0 fully saturated rings. The number of nitrogens with zero attached hydrogens (tertiary/aromatic N) is 2. The Kier molecular flexibility index (Phi) is 10.4. The largest absolute Gasteiger partial charge is 0.497 e. The lowest BCUT2D eigenvalue weighted by Crippen LogP contribution is -2.51. The van der Waals surface area contributed by atoms with Crippen molar-refractivity contribution < 1.29 is 27.5 Å². The second-order valence-corrected chi connectivity index (χ2v) is 11.3. The van der Waals surface area contributed by atoms with Gasteiger partial charge in [0.1, 0.15) is 24.1 Å². The monoisotopic (exact) mass is 587 g/mol. The average molecular weight is 588 g/mol. The number of rotatable bonds is 12. The molecule has 9 nitrogen and oxygen atoms in total. The summed E-state index contributed by atoms with van der Waals surface area (Å²) < 4.78 is 39.9. The van der Waals surface area contributed by atoms with Crippen LogP contribution in [0.5, 0.6) is 11.5 Å². The fourth-order valence-corrected chi connectivity index (χ4v) is 5.76. The van der Waals surface area contributed by atoms with Gasteiger partial charge < -0.3 is 19.7 Å². The van der Waals surface area contributed by atoms with Gasteiger partial charge in [-0.25, -0.2) is 8.42 Å². The van der Waals surface area contributed by atoms with Crippen LogP contribution >= 0.6 is 11.6 Å². The molecule has 11 heteroatoms. The van der Waals surface area contributed by atoms with Gasteiger partial charge in [-0.05, 0) is 55.3 Å². The Labute approximate surface area is 240 Å². The van der Waals surface area contributed by atoms with Crippen molar-refractivity contribution in [3.05, 3.63) is 82.9 Å². The van der Waals surface area contributed by atoms with Gasteiger partial charge in [-0.3, -0.25) is 13.9 Å². The van der Waals surface area contributed by atoms with Crippen molar-refractivity contribution in [1.82, 2.24) is 10.2 Å². The topological polar surface area (TPSA) is 105 Å². The SMILES string of the molecule is CC[C@H](C(=O)NC)N(Cc1ccc(Cl)cc1)C(=O)CN(c1cc(OC)ccc1OC)S(=O)(=O)c1ccc(C)cc1. The van der Waals surface area contributed by atoms with Crippen LogP contribution in [0.15, 0.2) is 71.6 Å². The first-order valence-electron chi connectivity index (χ1n) is 12.6. The number of amides is 2. The van der Waals surface area contributed by atoms with Gasteiger partial charge in [0.15, 0.2) is 0 Å². The van der Waals surface area contributed by atoms with Gasteiger partial charge in [0.25, 0.3) is 10.0 Å². The summed E-state index contributed by atoms with van der Waals surface area (Å²) in [6.07, 6.45) is 0.312. The van der Waals surface area contributed by atoms with Crippen molar-refractivity contribution in [3.63, 3.8) is 0 Å². The van der Waals surface area contributed by atoms with E-state index in [0.29, 0.717) is 17.2 Å². The van der Waals surface area contributed by atoms with Gasteiger partial charge in [0, 0.05) is 24.7 Å². The van der Waals surface area contributed by atoms with E-state index >= 15 is 0 Å². The summed E-state index contributed by atoms with van der Waals surface area (Å²) in [6.45, 7) is 3.10. The molecule has 214 valence electrons. The molecule has 0 aromatic heterocycles. The quantitative estimate of drug-likeness (QED) is 0.336. The zero-order valence-electron chi connectivity index (χ0n) is 23.2. The third-order valence-electron chi connectivity index (χ3n) is 6.44. The van der Waals surface area contributed by atoms with E-state index in [1.54, 1.807) is 55.5 Å². The number of likely N-dealkylation sites (N-methyl/N-ethyl adjacent to an activating group) is 1. The minimum Gasteiger partial charge on any atom is -0.497 e. The fraction of sp³-hybridized carbons (Fsp3) is 0.310. The number of hydrogen-bond donors (Lipinski definition) is 1. The van der Waals surface area contributed by atoms with Crippen LogP contribution in [-0.4, -0.2) is 59.0 Å². The van der Waals surface area contributed by atoms with E-state index in [2.05, 4.69) is 5.32 Å². The number of halogens is 1. The number of carbonyl (C=O) groups excluding carboxylic acids is 2. The van der Waals surface area contributed by atoms with E-state index in [0.717, 1.165) is 15.4 Å². The Morgan fingerprint density at radius 2 is 1.62 bits per heavy atom. The Balaban J connectivity index is 2.14. The van der Waals surface area contributed by atoms with Crippen LogP contribution in [0, 0.1) is 6.92 Å². The zero-order valence-corrected chi connectivity index (χ0v) is 24.8. The number of sulfonamides is 1. The molecule has 0 saturated carbocycles. The van der Waals surface area contributed by atoms with Crippen LogP contribution in [0.4, 0.5) is 5.69 Å².